The van der Waals surface area contributed by atoms with Gasteiger partial charge in [0.2, 0.25) is 0 Å². The van der Waals surface area contributed by atoms with Crippen LogP contribution in [-0.2, 0) is 9.53 Å². The van der Waals surface area contributed by atoms with Crippen molar-refractivity contribution < 1.29 is 19.7 Å². The van der Waals surface area contributed by atoms with Crippen LogP contribution >= 0.6 is 0 Å². The average Bonchev–Trinajstić information content (AvgIpc) is 2.41. The van der Waals surface area contributed by atoms with Gasteiger partial charge in [-0.1, -0.05) is 25.2 Å². The molecule has 0 radical (unpaired) electrons. The predicted octanol–water partition coefficient (Wildman–Crippen LogP) is 2.74. The molecule has 1 heterocycles. The number of hydrogen-bond acceptors (Lipinski definition) is 4. The standard InChI is InChI=1S/C17H28O4/c1-12-6-5-7-13(2)15(18)8-10-17(4,20)11-9-16(19)21-14(12)3/h7-8,10,12,14-15,18,20H,5-6,9,11H2,1-4H3/b10-8+,13-7-/t12-,14+,15-,17+/m0/s1. The van der Waals surface area contributed by atoms with E-state index in [-0.39, 0.29) is 30.8 Å². The number of allylic oxidation sites excluding steroid dienone is 1. The van der Waals surface area contributed by atoms with Gasteiger partial charge in [0, 0.05) is 6.42 Å². The van der Waals surface area contributed by atoms with E-state index in [9.17, 15) is 15.0 Å². The molecule has 4 heteroatoms. The van der Waals surface area contributed by atoms with Crippen LogP contribution < -0.4 is 0 Å². The first-order valence-electron chi connectivity index (χ1n) is 7.67. The number of carbonyl (C=O) groups is 1. The van der Waals surface area contributed by atoms with E-state index in [0.717, 1.165) is 18.4 Å². The van der Waals surface area contributed by atoms with E-state index in [2.05, 4.69) is 6.92 Å². The minimum Gasteiger partial charge on any atom is -0.462 e. The van der Waals surface area contributed by atoms with Crippen LogP contribution in [0.3, 0.4) is 0 Å². The van der Waals surface area contributed by atoms with Gasteiger partial charge in [0.1, 0.15) is 6.10 Å². The Morgan fingerprint density at radius 1 is 1.38 bits per heavy atom. The Bertz CT molecular complexity index is 409. The van der Waals surface area contributed by atoms with Crippen LogP contribution in [0, 0.1) is 5.92 Å². The summed E-state index contributed by atoms with van der Waals surface area (Å²) in [5.74, 6) is -0.0264. The summed E-state index contributed by atoms with van der Waals surface area (Å²) in [4.78, 5) is 11.8. The van der Waals surface area contributed by atoms with Gasteiger partial charge in [-0.15, -0.1) is 0 Å². The highest BCUT2D eigenvalue weighted by molar-refractivity contribution is 5.69. The van der Waals surface area contributed by atoms with Crippen molar-refractivity contribution in [2.75, 3.05) is 0 Å². The fourth-order valence-corrected chi connectivity index (χ4v) is 2.20. The van der Waals surface area contributed by atoms with Gasteiger partial charge in [-0.2, -0.15) is 0 Å². The fraction of sp³-hybridized carbons (Fsp3) is 0.706. The largest absolute Gasteiger partial charge is 0.462 e. The number of ether oxygens (including phenoxy) is 1. The number of aliphatic hydroxyl groups excluding tert-OH is 1. The van der Waals surface area contributed by atoms with Gasteiger partial charge < -0.3 is 14.9 Å². The molecule has 4 nitrogen and oxygen atoms in total. The first-order valence-corrected chi connectivity index (χ1v) is 7.67. The molecule has 120 valence electrons. The van der Waals surface area contributed by atoms with Crippen LogP contribution in [0.5, 0.6) is 0 Å². The molecule has 0 bridgehead atoms. The predicted molar refractivity (Wildman–Crippen MR) is 82.7 cm³/mol. The molecule has 0 aromatic carbocycles. The van der Waals surface area contributed by atoms with E-state index in [1.54, 1.807) is 19.1 Å². The van der Waals surface area contributed by atoms with Crippen molar-refractivity contribution in [1.82, 2.24) is 0 Å². The normalized spacial score (nSPS) is 40.6. The molecule has 1 aliphatic heterocycles. The van der Waals surface area contributed by atoms with E-state index < -0.39 is 11.7 Å². The molecule has 0 unspecified atom stereocenters. The van der Waals surface area contributed by atoms with Crippen LogP contribution in [0.2, 0.25) is 0 Å². The lowest BCUT2D eigenvalue weighted by molar-refractivity contribution is -0.151. The summed E-state index contributed by atoms with van der Waals surface area (Å²) < 4.78 is 5.40. The smallest absolute Gasteiger partial charge is 0.306 e. The Morgan fingerprint density at radius 3 is 2.71 bits per heavy atom. The number of esters is 1. The Kier molecular flexibility index (Phi) is 6.62. The molecule has 0 saturated carbocycles. The minimum atomic E-state index is -1.13. The Morgan fingerprint density at radius 2 is 2.05 bits per heavy atom. The topological polar surface area (TPSA) is 66.8 Å². The van der Waals surface area contributed by atoms with Crippen LogP contribution in [0.15, 0.2) is 23.8 Å². The monoisotopic (exact) mass is 296 g/mol. The first-order chi connectivity index (χ1) is 9.71. The average molecular weight is 296 g/mol. The van der Waals surface area contributed by atoms with Crippen molar-refractivity contribution in [2.24, 2.45) is 5.92 Å². The molecule has 1 rings (SSSR count). The fourth-order valence-electron chi connectivity index (χ4n) is 2.20. The second-order valence-corrected chi connectivity index (χ2v) is 6.36. The molecule has 1 aliphatic rings. The van der Waals surface area contributed by atoms with Crippen molar-refractivity contribution >= 4 is 5.97 Å². The number of hydrogen-bond donors (Lipinski definition) is 2. The molecule has 0 fully saturated rings. The molecule has 21 heavy (non-hydrogen) atoms. The maximum absolute atomic E-state index is 11.8. The van der Waals surface area contributed by atoms with Gasteiger partial charge in [-0.3, -0.25) is 4.79 Å². The molecule has 0 saturated heterocycles. The molecule has 4 atom stereocenters. The maximum atomic E-state index is 11.8. The van der Waals surface area contributed by atoms with Gasteiger partial charge in [0.25, 0.3) is 0 Å². The lowest BCUT2D eigenvalue weighted by Crippen LogP contribution is -2.26. The molecule has 0 aromatic rings. The van der Waals surface area contributed by atoms with Crippen molar-refractivity contribution in [3.8, 4) is 0 Å². The zero-order valence-corrected chi connectivity index (χ0v) is 13.5. The third-order valence-electron chi connectivity index (χ3n) is 4.15. The quantitative estimate of drug-likeness (QED) is 0.533. The Labute approximate surface area is 127 Å². The van der Waals surface area contributed by atoms with Crippen LogP contribution in [-0.4, -0.2) is 34.0 Å². The lowest BCUT2D eigenvalue weighted by Gasteiger charge is -2.23. The highest BCUT2D eigenvalue weighted by atomic mass is 16.5. The van der Waals surface area contributed by atoms with Crippen LogP contribution in [0.1, 0.15) is 53.4 Å². The summed E-state index contributed by atoms with van der Waals surface area (Å²) in [6.07, 6.45) is 6.47. The van der Waals surface area contributed by atoms with E-state index >= 15 is 0 Å². The van der Waals surface area contributed by atoms with E-state index in [4.69, 9.17) is 4.74 Å². The van der Waals surface area contributed by atoms with Gasteiger partial charge >= 0.3 is 5.97 Å². The van der Waals surface area contributed by atoms with Crippen molar-refractivity contribution in [3.05, 3.63) is 23.8 Å². The van der Waals surface area contributed by atoms with E-state index in [1.165, 1.54) is 0 Å². The molecule has 0 spiro atoms. The first kappa shape index (κ1) is 17.9. The van der Waals surface area contributed by atoms with Crippen LogP contribution in [0.25, 0.3) is 0 Å². The molecular formula is C17H28O4. The highest BCUT2D eigenvalue weighted by Gasteiger charge is 2.22. The molecule has 0 amide bonds. The molecule has 2 N–H and O–H groups in total. The third kappa shape index (κ3) is 6.44. The second-order valence-electron chi connectivity index (χ2n) is 6.36. The lowest BCUT2D eigenvalue weighted by atomic mass is 9.96. The maximum Gasteiger partial charge on any atom is 0.306 e. The van der Waals surface area contributed by atoms with Gasteiger partial charge in [-0.05, 0) is 51.5 Å². The zero-order chi connectivity index (χ0) is 16.0. The van der Waals surface area contributed by atoms with Gasteiger partial charge in [-0.25, -0.2) is 0 Å². The number of rotatable bonds is 0. The number of cyclic esters (lactones) is 1. The summed E-state index contributed by atoms with van der Waals surface area (Å²) >= 11 is 0. The summed E-state index contributed by atoms with van der Waals surface area (Å²) in [7, 11) is 0. The summed E-state index contributed by atoms with van der Waals surface area (Å²) in [6, 6.07) is 0. The Hall–Kier alpha value is -1.13. The van der Waals surface area contributed by atoms with Crippen molar-refractivity contribution in [1.29, 1.82) is 0 Å². The molecule has 0 aromatic heterocycles. The van der Waals surface area contributed by atoms with Gasteiger partial charge in [0.15, 0.2) is 0 Å². The summed E-state index contributed by atoms with van der Waals surface area (Å²) in [5.41, 5.74) is -0.254. The van der Waals surface area contributed by atoms with Gasteiger partial charge in [0.05, 0.1) is 11.7 Å². The highest BCUT2D eigenvalue weighted by Crippen LogP contribution is 2.20. The van der Waals surface area contributed by atoms with Crippen molar-refractivity contribution in [2.45, 2.75) is 71.2 Å². The number of carbonyl (C=O) groups excluding carboxylic acids is 1. The van der Waals surface area contributed by atoms with E-state index in [1.807, 2.05) is 19.9 Å². The molecular weight excluding hydrogens is 268 g/mol. The molecule has 0 aliphatic carbocycles. The number of aliphatic hydroxyl groups is 2. The summed E-state index contributed by atoms with van der Waals surface area (Å²) in [6.45, 7) is 7.46. The SMILES string of the molecule is C/C1=C/CC[C@H](C)[C@@H](C)OC(=O)CC[C@](C)(O)/C=C/[C@@H]1O. The van der Waals surface area contributed by atoms with Crippen LogP contribution in [0.4, 0.5) is 0 Å². The zero-order valence-electron chi connectivity index (χ0n) is 13.5. The summed E-state index contributed by atoms with van der Waals surface area (Å²) in [5, 5.41) is 20.2. The Balaban J connectivity index is 2.87. The third-order valence-corrected chi connectivity index (χ3v) is 4.15. The van der Waals surface area contributed by atoms with Crippen molar-refractivity contribution in [3.63, 3.8) is 0 Å². The minimum absolute atomic E-state index is 0.139. The second kappa shape index (κ2) is 7.76. The van der Waals surface area contributed by atoms with E-state index in [0.29, 0.717) is 0 Å².